The molecule has 0 aliphatic carbocycles. The Hall–Kier alpha value is -1.03. The molecule has 2 heterocycles. The molecule has 1 aromatic heterocycles. The van der Waals surface area contributed by atoms with E-state index in [1.165, 1.54) is 12.0 Å². The van der Waals surface area contributed by atoms with Gasteiger partial charge < -0.3 is 10.2 Å². The van der Waals surface area contributed by atoms with Crippen LogP contribution in [0.25, 0.3) is 0 Å². The summed E-state index contributed by atoms with van der Waals surface area (Å²) in [5, 5.41) is 7.08. The van der Waals surface area contributed by atoms with Crippen molar-refractivity contribution < 1.29 is 4.79 Å². The van der Waals surface area contributed by atoms with Gasteiger partial charge in [0, 0.05) is 19.1 Å². The van der Waals surface area contributed by atoms with Crippen molar-refractivity contribution in [1.82, 2.24) is 10.2 Å². The van der Waals surface area contributed by atoms with Gasteiger partial charge >= 0.3 is 6.03 Å². The average molecular weight is 238 g/mol. The molecule has 1 aliphatic heterocycles. The van der Waals surface area contributed by atoms with Crippen LogP contribution in [-0.4, -0.2) is 23.5 Å². The number of carbonyl (C=O) groups is 1. The second-order valence-corrected chi connectivity index (χ2v) is 5.11. The van der Waals surface area contributed by atoms with Crippen LogP contribution < -0.4 is 5.32 Å². The number of nitrogens with one attached hydrogen (secondary N) is 1. The third-order valence-corrected chi connectivity index (χ3v) is 3.82. The van der Waals surface area contributed by atoms with Crippen molar-refractivity contribution >= 4 is 17.4 Å². The Morgan fingerprint density at radius 2 is 2.50 bits per heavy atom. The number of hydrogen-bond acceptors (Lipinski definition) is 2. The minimum Gasteiger partial charge on any atom is -0.334 e. The summed E-state index contributed by atoms with van der Waals surface area (Å²) in [4.78, 5) is 13.9. The highest BCUT2D eigenvalue weighted by atomic mass is 32.1. The first-order valence-electron chi connectivity index (χ1n) is 5.83. The van der Waals surface area contributed by atoms with E-state index in [-0.39, 0.29) is 6.03 Å². The van der Waals surface area contributed by atoms with E-state index in [0.29, 0.717) is 12.6 Å². The smallest absolute Gasteiger partial charge is 0.317 e. The lowest BCUT2D eigenvalue weighted by atomic mass is 10.0. The van der Waals surface area contributed by atoms with Crippen molar-refractivity contribution in [3.63, 3.8) is 0 Å². The number of hydrogen-bond donors (Lipinski definition) is 1. The zero-order valence-corrected chi connectivity index (χ0v) is 10.4. The van der Waals surface area contributed by atoms with Crippen molar-refractivity contribution in [1.29, 1.82) is 0 Å². The van der Waals surface area contributed by atoms with Gasteiger partial charge in [-0.05, 0) is 48.6 Å². The van der Waals surface area contributed by atoms with Crippen molar-refractivity contribution in [3.05, 3.63) is 22.4 Å². The molecule has 1 atom stereocenters. The van der Waals surface area contributed by atoms with Crippen LogP contribution in [0.5, 0.6) is 0 Å². The van der Waals surface area contributed by atoms with Crippen molar-refractivity contribution in [2.45, 2.75) is 38.8 Å². The summed E-state index contributed by atoms with van der Waals surface area (Å²) < 4.78 is 0. The average Bonchev–Trinajstić information content (AvgIpc) is 2.79. The monoisotopic (exact) mass is 238 g/mol. The van der Waals surface area contributed by atoms with Crippen molar-refractivity contribution in [2.75, 3.05) is 6.54 Å². The molecule has 16 heavy (non-hydrogen) atoms. The van der Waals surface area contributed by atoms with Crippen LogP contribution in [0.2, 0.25) is 0 Å². The molecule has 2 rings (SSSR count). The minimum atomic E-state index is 0.0819. The van der Waals surface area contributed by atoms with E-state index < -0.39 is 0 Å². The van der Waals surface area contributed by atoms with Gasteiger partial charge in [0.05, 0.1) is 0 Å². The highest BCUT2D eigenvalue weighted by Crippen LogP contribution is 2.16. The number of amides is 2. The second kappa shape index (κ2) is 5.34. The van der Waals surface area contributed by atoms with Gasteiger partial charge in [0.1, 0.15) is 0 Å². The Morgan fingerprint density at radius 3 is 3.19 bits per heavy atom. The molecule has 4 heteroatoms. The molecule has 0 saturated carbocycles. The van der Waals surface area contributed by atoms with E-state index in [9.17, 15) is 4.79 Å². The molecule has 0 bridgehead atoms. The first-order valence-corrected chi connectivity index (χ1v) is 6.77. The molecular weight excluding hydrogens is 220 g/mol. The topological polar surface area (TPSA) is 32.3 Å². The van der Waals surface area contributed by atoms with Gasteiger partial charge in [-0.3, -0.25) is 0 Å². The van der Waals surface area contributed by atoms with Gasteiger partial charge in [-0.25, -0.2) is 4.79 Å². The Morgan fingerprint density at radius 1 is 1.62 bits per heavy atom. The predicted molar refractivity (Wildman–Crippen MR) is 66.6 cm³/mol. The van der Waals surface area contributed by atoms with E-state index in [1.54, 1.807) is 11.3 Å². The third kappa shape index (κ3) is 2.76. The summed E-state index contributed by atoms with van der Waals surface area (Å²) in [7, 11) is 0. The van der Waals surface area contributed by atoms with E-state index in [2.05, 4.69) is 17.6 Å². The molecule has 0 spiro atoms. The zero-order valence-electron chi connectivity index (χ0n) is 9.61. The predicted octanol–water partition coefficient (Wildman–Crippen LogP) is 2.83. The number of nitrogens with zero attached hydrogens (tertiary/aromatic N) is 1. The van der Waals surface area contributed by atoms with Gasteiger partial charge in [0.15, 0.2) is 0 Å². The quantitative estimate of drug-likeness (QED) is 0.844. The molecule has 0 aromatic carbocycles. The Kier molecular flexibility index (Phi) is 3.83. The van der Waals surface area contributed by atoms with Crippen LogP contribution in [0.1, 0.15) is 31.7 Å². The second-order valence-electron chi connectivity index (χ2n) is 4.33. The van der Waals surface area contributed by atoms with Gasteiger partial charge in [0.25, 0.3) is 0 Å². The molecule has 1 saturated heterocycles. The number of piperidine rings is 1. The third-order valence-electron chi connectivity index (χ3n) is 3.09. The Bertz CT molecular complexity index is 337. The van der Waals surface area contributed by atoms with Gasteiger partial charge in [-0.2, -0.15) is 11.3 Å². The molecule has 3 nitrogen and oxygen atoms in total. The minimum absolute atomic E-state index is 0.0819. The van der Waals surface area contributed by atoms with E-state index in [4.69, 9.17) is 0 Å². The lowest BCUT2D eigenvalue weighted by Crippen LogP contribution is -2.47. The fraction of sp³-hybridized carbons (Fsp3) is 0.583. The number of rotatable bonds is 2. The standard InChI is InChI=1S/C12H18N2OS/c1-10-4-2-3-6-14(10)12(15)13-8-11-5-7-16-9-11/h5,7,9-10H,2-4,6,8H2,1H3,(H,13,15). The summed E-state index contributed by atoms with van der Waals surface area (Å²) in [6, 6.07) is 2.51. The van der Waals surface area contributed by atoms with Crippen molar-refractivity contribution in [2.24, 2.45) is 0 Å². The largest absolute Gasteiger partial charge is 0.334 e. The molecule has 1 aliphatic rings. The summed E-state index contributed by atoms with van der Waals surface area (Å²) in [5.41, 5.74) is 1.18. The van der Waals surface area contributed by atoms with Crippen LogP contribution in [0, 0.1) is 0 Å². The van der Waals surface area contributed by atoms with E-state index in [1.807, 2.05) is 16.3 Å². The van der Waals surface area contributed by atoms with Crippen LogP contribution in [-0.2, 0) is 6.54 Å². The molecule has 0 radical (unpaired) electrons. The number of carbonyl (C=O) groups excluding carboxylic acids is 1. The highest BCUT2D eigenvalue weighted by Gasteiger charge is 2.22. The number of urea groups is 1. The molecular formula is C12H18N2OS. The lowest BCUT2D eigenvalue weighted by Gasteiger charge is -2.33. The molecule has 1 unspecified atom stereocenters. The maximum Gasteiger partial charge on any atom is 0.317 e. The van der Waals surface area contributed by atoms with Crippen molar-refractivity contribution in [3.8, 4) is 0 Å². The van der Waals surface area contributed by atoms with E-state index >= 15 is 0 Å². The fourth-order valence-corrected chi connectivity index (χ4v) is 2.74. The van der Waals surface area contributed by atoms with Gasteiger partial charge in [-0.1, -0.05) is 0 Å². The van der Waals surface area contributed by atoms with Gasteiger partial charge in [-0.15, -0.1) is 0 Å². The maximum atomic E-state index is 11.9. The molecule has 1 aromatic rings. The summed E-state index contributed by atoms with van der Waals surface area (Å²) in [6.07, 6.45) is 3.51. The summed E-state index contributed by atoms with van der Waals surface area (Å²) >= 11 is 1.66. The SMILES string of the molecule is CC1CCCCN1C(=O)NCc1ccsc1. The van der Waals surface area contributed by atoms with Crippen LogP contribution in [0.3, 0.4) is 0 Å². The zero-order chi connectivity index (χ0) is 11.4. The summed E-state index contributed by atoms with van der Waals surface area (Å²) in [6.45, 7) is 3.67. The normalized spacial score (nSPS) is 20.8. The molecule has 1 N–H and O–H groups in total. The van der Waals surface area contributed by atoms with Crippen LogP contribution in [0.15, 0.2) is 16.8 Å². The fourth-order valence-electron chi connectivity index (χ4n) is 2.07. The van der Waals surface area contributed by atoms with Crippen LogP contribution in [0.4, 0.5) is 4.79 Å². The van der Waals surface area contributed by atoms with Crippen LogP contribution >= 0.6 is 11.3 Å². The lowest BCUT2D eigenvalue weighted by molar-refractivity contribution is 0.158. The summed E-state index contributed by atoms with van der Waals surface area (Å²) in [5.74, 6) is 0. The Labute approximate surface area is 100 Å². The first kappa shape index (κ1) is 11.5. The van der Waals surface area contributed by atoms with Gasteiger partial charge in [0.2, 0.25) is 0 Å². The highest BCUT2D eigenvalue weighted by molar-refractivity contribution is 7.07. The maximum absolute atomic E-state index is 11.9. The Balaban J connectivity index is 1.83. The first-order chi connectivity index (χ1) is 7.77. The molecule has 2 amide bonds. The number of thiophene rings is 1. The molecule has 88 valence electrons. The number of likely N-dealkylation sites (tertiary alicyclic amines) is 1. The van der Waals surface area contributed by atoms with E-state index in [0.717, 1.165) is 19.4 Å². The molecule has 1 fully saturated rings.